The molecule has 0 atom stereocenters. The summed E-state index contributed by atoms with van der Waals surface area (Å²) in [4.78, 5) is 36.1. The topological polar surface area (TPSA) is 123 Å². The van der Waals surface area contributed by atoms with Gasteiger partial charge in [0.2, 0.25) is 11.5 Å². The summed E-state index contributed by atoms with van der Waals surface area (Å²) in [5.74, 6) is 0.366. The normalized spacial score (nSPS) is 13.1. The molecule has 0 aliphatic carbocycles. The van der Waals surface area contributed by atoms with Gasteiger partial charge in [-0.2, -0.15) is 0 Å². The minimum absolute atomic E-state index is 0.0510. The van der Waals surface area contributed by atoms with Crippen molar-refractivity contribution < 1.29 is 38.2 Å². The number of Topliss-reactive ketones (excluding diaryl/α,β-unsaturated/α-hetero) is 1. The fourth-order valence-corrected chi connectivity index (χ4v) is 3.74. The largest absolute Gasteiger partial charge is 0.493 e. The van der Waals surface area contributed by atoms with Crippen molar-refractivity contribution in [1.29, 1.82) is 0 Å². The zero-order valence-electron chi connectivity index (χ0n) is 19.8. The second-order valence-corrected chi connectivity index (χ2v) is 7.71. The van der Waals surface area contributed by atoms with Crippen LogP contribution in [0.5, 0.6) is 28.7 Å². The van der Waals surface area contributed by atoms with Crippen molar-refractivity contribution in [3.63, 3.8) is 0 Å². The Kier molecular flexibility index (Phi) is 6.60. The molecule has 0 aromatic heterocycles. The molecule has 36 heavy (non-hydrogen) atoms. The highest BCUT2D eigenvalue weighted by atomic mass is 16.6. The molecule has 0 saturated carbocycles. The molecule has 0 spiro atoms. The van der Waals surface area contributed by atoms with E-state index < -0.39 is 10.9 Å². The van der Waals surface area contributed by atoms with Gasteiger partial charge in [-0.15, -0.1) is 0 Å². The van der Waals surface area contributed by atoms with Crippen molar-refractivity contribution in [3.8, 4) is 28.7 Å². The average molecular weight is 491 g/mol. The summed E-state index contributed by atoms with van der Waals surface area (Å²) in [6.45, 7) is 1.70. The van der Waals surface area contributed by atoms with Crippen LogP contribution >= 0.6 is 0 Å². The Hall–Kier alpha value is -4.86. The van der Waals surface area contributed by atoms with E-state index in [0.29, 0.717) is 33.9 Å². The van der Waals surface area contributed by atoms with Crippen LogP contribution in [0.3, 0.4) is 0 Å². The van der Waals surface area contributed by atoms with E-state index in [4.69, 9.17) is 23.7 Å². The maximum atomic E-state index is 12.9. The molecule has 3 aromatic rings. The van der Waals surface area contributed by atoms with E-state index in [1.54, 1.807) is 13.0 Å². The Labute approximate surface area is 205 Å². The third kappa shape index (κ3) is 4.56. The summed E-state index contributed by atoms with van der Waals surface area (Å²) in [6.07, 6.45) is 1.49. The van der Waals surface area contributed by atoms with Gasteiger partial charge in [0.1, 0.15) is 11.5 Å². The van der Waals surface area contributed by atoms with Gasteiger partial charge in [0.25, 0.3) is 5.69 Å². The first kappa shape index (κ1) is 24.3. The lowest BCUT2D eigenvalue weighted by Gasteiger charge is -2.14. The number of nitro groups is 1. The van der Waals surface area contributed by atoms with Gasteiger partial charge >= 0.3 is 5.97 Å². The number of esters is 1. The number of nitrogens with zero attached hydrogens (tertiary/aromatic N) is 1. The minimum atomic E-state index is -0.681. The molecular formula is C26H21NO9. The molecule has 0 bridgehead atoms. The van der Waals surface area contributed by atoms with E-state index in [1.165, 1.54) is 69.9 Å². The molecule has 184 valence electrons. The quantitative estimate of drug-likeness (QED) is 0.151. The maximum Gasteiger partial charge on any atom is 0.343 e. The number of carbonyl (C=O) groups excluding carboxylic acids is 2. The van der Waals surface area contributed by atoms with Gasteiger partial charge in [0, 0.05) is 18.2 Å². The number of non-ortho nitro benzene ring substituents is 1. The summed E-state index contributed by atoms with van der Waals surface area (Å²) in [7, 11) is 4.33. The van der Waals surface area contributed by atoms with Gasteiger partial charge in [0.15, 0.2) is 17.3 Å². The number of allylic oxidation sites excluding steroid dienone is 1. The van der Waals surface area contributed by atoms with E-state index in [2.05, 4.69) is 0 Å². The number of fused-ring (bicyclic) bond motifs is 1. The molecule has 0 fully saturated rings. The van der Waals surface area contributed by atoms with Crippen LogP contribution in [0.15, 0.2) is 54.3 Å². The fourth-order valence-electron chi connectivity index (χ4n) is 3.74. The minimum Gasteiger partial charge on any atom is -0.493 e. The Balaban J connectivity index is 1.59. The smallest absolute Gasteiger partial charge is 0.343 e. The van der Waals surface area contributed by atoms with Crippen LogP contribution in [-0.4, -0.2) is 38.0 Å². The summed E-state index contributed by atoms with van der Waals surface area (Å²) < 4.78 is 27.1. The first-order valence-corrected chi connectivity index (χ1v) is 10.6. The molecule has 10 nitrogen and oxygen atoms in total. The van der Waals surface area contributed by atoms with E-state index in [0.717, 1.165) is 0 Å². The molecule has 1 heterocycles. The van der Waals surface area contributed by atoms with Gasteiger partial charge in [-0.3, -0.25) is 14.9 Å². The molecule has 0 N–H and O–H groups in total. The summed E-state index contributed by atoms with van der Waals surface area (Å²) in [6, 6.07) is 11.7. The Morgan fingerprint density at radius 2 is 1.61 bits per heavy atom. The van der Waals surface area contributed by atoms with Crippen molar-refractivity contribution in [1.82, 2.24) is 0 Å². The number of benzene rings is 3. The molecule has 0 radical (unpaired) electrons. The highest BCUT2D eigenvalue weighted by Gasteiger charge is 2.30. The lowest BCUT2D eigenvalue weighted by Crippen LogP contribution is -2.10. The average Bonchev–Trinajstić information content (AvgIpc) is 3.18. The Morgan fingerprint density at radius 3 is 2.17 bits per heavy atom. The number of carbonyl (C=O) groups is 2. The number of ketones is 1. The number of hydrogen-bond acceptors (Lipinski definition) is 9. The first-order valence-electron chi connectivity index (χ1n) is 10.6. The second kappa shape index (κ2) is 9.79. The number of aryl methyl sites for hydroxylation is 1. The molecule has 0 unspecified atom stereocenters. The molecule has 0 saturated heterocycles. The van der Waals surface area contributed by atoms with Gasteiger partial charge in [0.05, 0.1) is 37.4 Å². The summed E-state index contributed by atoms with van der Waals surface area (Å²) >= 11 is 0. The van der Waals surface area contributed by atoms with Gasteiger partial charge < -0.3 is 23.7 Å². The SMILES string of the molecule is COc1cc(C(=O)Oc2cc(C)c3c(c2)O/C(=C\c2ccc([N+](=O)[O-])cc2)C3=O)cc(OC)c1OC. The van der Waals surface area contributed by atoms with Crippen molar-refractivity contribution in [3.05, 3.63) is 86.7 Å². The number of nitro benzene ring substituents is 1. The van der Waals surface area contributed by atoms with Crippen LogP contribution in [0.2, 0.25) is 0 Å². The fraction of sp³-hybridized carbons (Fsp3) is 0.154. The number of rotatable bonds is 7. The molecule has 1 aliphatic heterocycles. The standard InChI is InChI=1S/C26H21NO9/c1-14-9-18(35-26(29)16-11-21(32-2)25(34-4)22(12-16)33-3)13-19-23(14)24(28)20(36-19)10-15-5-7-17(8-6-15)27(30)31/h5-13H,1-4H3/b20-10-. The molecule has 10 heteroatoms. The van der Waals surface area contributed by atoms with Gasteiger partial charge in [-0.1, -0.05) is 0 Å². The zero-order chi connectivity index (χ0) is 26.0. The third-order valence-electron chi connectivity index (χ3n) is 5.46. The molecule has 4 rings (SSSR count). The van der Waals surface area contributed by atoms with Crippen LogP contribution < -0.4 is 23.7 Å². The van der Waals surface area contributed by atoms with Gasteiger partial charge in [-0.05, 0) is 54.5 Å². The number of methoxy groups -OCH3 is 3. The van der Waals surface area contributed by atoms with E-state index >= 15 is 0 Å². The molecule has 0 amide bonds. The number of hydrogen-bond donors (Lipinski definition) is 0. The van der Waals surface area contributed by atoms with E-state index in [9.17, 15) is 19.7 Å². The van der Waals surface area contributed by atoms with Crippen molar-refractivity contribution in [2.75, 3.05) is 21.3 Å². The van der Waals surface area contributed by atoms with Crippen LogP contribution in [0.1, 0.15) is 31.8 Å². The maximum absolute atomic E-state index is 12.9. The second-order valence-electron chi connectivity index (χ2n) is 7.71. The predicted molar refractivity (Wildman–Crippen MR) is 128 cm³/mol. The van der Waals surface area contributed by atoms with Crippen LogP contribution in [0.4, 0.5) is 5.69 Å². The molecular weight excluding hydrogens is 470 g/mol. The molecule has 3 aromatic carbocycles. The highest BCUT2D eigenvalue weighted by molar-refractivity contribution is 6.15. The van der Waals surface area contributed by atoms with Gasteiger partial charge in [-0.25, -0.2) is 4.79 Å². The van der Waals surface area contributed by atoms with Crippen molar-refractivity contribution in [2.24, 2.45) is 0 Å². The van der Waals surface area contributed by atoms with Crippen LogP contribution in [0.25, 0.3) is 6.08 Å². The van der Waals surface area contributed by atoms with Crippen molar-refractivity contribution >= 4 is 23.5 Å². The third-order valence-corrected chi connectivity index (χ3v) is 5.46. The Morgan fingerprint density at radius 1 is 0.972 bits per heavy atom. The highest BCUT2D eigenvalue weighted by Crippen LogP contribution is 2.40. The predicted octanol–water partition coefficient (Wildman–Crippen LogP) is 4.76. The lowest BCUT2D eigenvalue weighted by molar-refractivity contribution is -0.384. The molecule has 1 aliphatic rings. The first-order chi connectivity index (χ1) is 17.2. The monoisotopic (exact) mass is 491 g/mol. The summed E-state index contributed by atoms with van der Waals surface area (Å²) in [5.41, 5.74) is 1.56. The van der Waals surface area contributed by atoms with Crippen LogP contribution in [0, 0.1) is 17.0 Å². The van der Waals surface area contributed by atoms with Crippen LogP contribution in [-0.2, 0) is 0 Å². The van der Waals surface area contributed by atoms with E-state index in [1.807, 2.05) is 0 Å². The zero-order valence-corrected chi connectivity index (χ0v) is 19.8. The van der Waals surface area contributed by atoms with Crippen molar-refractivity contribution in [2.45, 2.75) is 6.92 Å². The Bertz CT molecular complexity index is 1380. The lowest BCUT2D eigenvalue weighted by atomic mass is 10.0. The van der Waals surface area contributed by atoms with E-state index in [-0.39, 0.29) is 34.3 Å². The number of ether oxygens (including phenoxy) is 5. The summed E-state index contributed by atoms with van der Waals surface area (Å²) in [5, 5.41) is 10.8.